The maximum absolute atomic E-state index is 13.0. The molecule has 128 valence electrons. The van der Waals surface area contributed by atoms with Crippen molar-refractivity contribution in [1.29, 1.82) is 0 Å². The van der Waals surface area contributed by atoms with Gasteiger partial charge in [-0.2, -0.15) is 0 Å². The van der Waals surface area contributed by atoms with Crippen LogP contribution in [0.3, 0.4) is 0 Å². The van der Waals surface area contributed by atoms with Crippen molar-refractivity contribution >= 4 is 0 Å². The van der Waals surface area contributed by atoms with Crippen LogP contribution in [0.1, 0.15) is 30.1 Å². The summed E-state index contributed by atoms with van der Waals surface area (Å²) in [5.74, 6) is 0.256. The molecule has 0 bridgehead atoms. The van der Waals surface area contributed by atoms with E-state index >= 15 is 0 Å². The molecule has 1 saturated carbocycles. The maximum Gasteiger partial charge on any atom is 0.160 e. The second-order valence-corrected chi connectivity index (χ2v) is 6.23. The van der Waals surface area contributed by atoms with E-state index < -0.39 is 6.10 Å². The van der Waals surface area contributed by atoms with Crippen LogP contribution in [-0.4, -0.2) is 34.8 Å². The molecule has 1 atom stereocenters. The zero-order chi connectivity index (χ0) is 17.1. The summed E-state index contributed by atoms with van der Waals surface area (Å²) in [5, 5.41) is 20.4. The van der Waals surface area contributed by atoms with Gasteiger partial charge in [0, 0.05) is 19.1 Å². The Bertz CT molecular complexity index is 686. The van der Waals surface area contributed by atoms with Crippen LogP contribution in [0.5, 0.6) is 11.5 Å². The number of aromatic hydroxyl groups is 1. The molecule has 1 aliphatic rings. The summed E-state index contributed by atoms with van der Waals surface area (Å²) in [6.45, 7) is 1.11. The van der Waals surface area contributed by atoms with Crippen molar-refractivity contribution in [3.05, 3.63) is 59.4 Å². The molecular weight excluding hydrogens is 309 g/mol. The van der Waals surface area contributed by atoms with Gasteiger partial charge in [0.25, 0.3) is 0 Å². The number of phenolic OH excluding ortho intramolecular Hbond substituents is 1. The first kappa shape index (κ1) is 16.7. The lowest BCUT2D eigenvalue weighted by atomic mass is 10.1. The normalized spacial score (nSPS) is 15.5. The maximum atomic E-state index is 13.0. The number of benzene rings is 2. The summed E-state index contributed by atoms with van der Waals surface area (Å²) in [6.07, 6.45) is 1.55. The van der Waals surface area contributed by atoms with Crippen LogP contribution in [0.4, 0.5) is 4.39 Å². The number of nitrogens with zero attached hydrogens (tertiary/aromatic N) is 1. The Morgan fingerprint density at radius 2 is 1.92 bits per heavy atom. The number of phenols is 1. The van der Waals surface area contributed by atoms with Crippen molar-refractivity contribution in [2.75, 3.05) is 13.7 Å². The predicted molar refractivity (Wildman–Crippen MR) is 89.5 cm³/mol. The second kappa shape index (κ2) is 7.20. The summed E-state index contributed by atoms with van der Waals surface area (Å²) in [4.78, 5) is 2.20. The molecule has 0 aromatic heterocycles. The lowest BCUT2D eigenvalue weighted by molar-refractivity contribution is 0.104. The minimum atomic E-state index is -0.668. The zero-order valence-electron chi connectivity index (χ0n) is 13.7. The Balaban J connectivity index is 1.68. The third-order valence-corrected chi connectivity index (χ3v) is 4.35. The fourth-order valence-corrected chi connectivity index (χ4v) is 2.86. The van der Waals surface area contributed by atoms with Crippen LogP contribution >= 0.6 is 0 Å². The molecule has 5 heteroatoms. The average Bonchev–Trinajstić information content (AvgIpc) is 3.40. The van der Waals surface area contributed by atoms with Gasteiger partial charge < -0.3 is 14.9 Å². The fraction of sp³-hybridized carbons (Fsp3) is 0.368. The number of aliphatic hydroxyl groups excluding tert-OH is 1. The predicted octanol–water partition coefficient (Wildman–Crippen LogP) is 3.24. The molecule has 0 saturated heterocycles. The van der Waals surface area contributed by atoms with Gasteiger partial charge in [0.1, 0.15) is 5.82 Å². The Kier molecular flexibility index (Phi) is 5.02. The van der Waals surface area contributed by atoms with Crippen molar-refractivity contribution in [3.63, 3.8) is 0 Å². The van der Waals surface area contributed by atoms with E-state index in [-0.39, 0.29) is 11.6 Å². The summed E-state index contributed by atoms with van der Waals surface area (Å²) in [6, 6.07) is 11.8. The lowest BCUT2D eigenvalue weighted by Crippen LogP contribution is -2.30. The van der Waals surface area contributed by atoms with E-state index in [0.29, 0.717) is 30.4 Å². The van der Waals surface area contributed by atoms with Gasteiger partial charge in [0.15, 0.2) is 11.5 Å². The van der Waals surface area contributed by atoms with E-state index in [1.807, 2.05) is 6.07 Å². The van der Waals surface area contributed by atoms with Gasteiger partial charge in [-0.05, 0) is 48.2 Å². The first-order chi connectivity index (χ1) is 11.6. The number of aliphatic hydroxyl groups is 1. The molecule has 1 unspecified atom stereocenters. The summed E-state index contributed by atoms with van der Waals surface area (Å²) >= 11 is 0. The van der Waals surface area contributed by atoms with Crippen molar-refractivity contribution in [2.45, 2.75) is 31.5 Å². The minimum Gasteiger partial charge on any atom is -0.504 e. The molecule has 24 heavy (non-hydrogen) atoms. The monoisotopic (exact) mass is 331 g/mol. The Hall–Kier alpha value is -2.11. The zero-order valence-corrected chi connectivity index (χ0v) is 13.7. The van der Waals surface area contributed by atoms with Crippen molar-refractivity contribution < 1.29 is 19.3 Å². The van der Waals surface area contributed by atoms with E-state index in [9.17, 15) is 14.6 Å². The van der Waals surface area contributed by atoms with Crippen molar-refractivity contribution in [2.24, 2.45) is 0 Å². The number of hydrogen-bond donors (Lipinski definition) is 2. The molecule has 0 radical (unpaired) electrons. The van der Waals surface area contributed by atoms with Crippen LogP contribution < -0.4 is 4.74 Å². The smallest absolute Gasteiger partial charge is 0.160 e. The minimum absolute atomic E-state index is 0.116. The summed E-state index contributed by atoms with van der Waals surface area (Å²) < 4.78 is 18.1. The highest BCUT2D eigenvalue weighted by molar-refractivity contribution is 5.41. The van der Waals surface area contributed by atoms with Crippen LogP contribution in [0.15, 0.2) is 42.5 Å². The molecule has 3 rings (SSSR count). The first-order valence-corrected chi connectivity index (χ1v) is 8.10. The molecule has 2 aromatic carbocycles. The molecule has 4 nitrogen and oxygen atoms in total. The molecular formula is C19H22FNO3. The van der Waals surface area contributed by atoms with Crippen molar-refractivity contribution in [3.8, 4) is 11.5 Å². The standard InChI is InChI=1S/C19H22FNO3/c1-24-19-9-2-13(10-17(19)22)11-21(16-7-8-16)12-18(23)14-3-5-15(20)6-4-14/h2-6,9-10,16,18,22-23H,7-8,11-12H2,1H3. The van der Waals surface area contributed by atoms with E-state index in [1.54, 1.807) is 24.3 Å². The van der Waals surface area contributed by atoms with E-state index in [4.69, 9.17) is 4.74 Å². The van der Waals surface area contributed by atoms with Gasteiger partial charge in [0.2, 0.25) is 0 Å². The van der Waals surface area contributed by atoms with Gasteiger partial charge in [-0.15, -0.1) is 0 Å². The molecule has 0 aliphatic heterocycles. The summed E-state index contributed by atoms with van der Waals surface area (Å²) in [5.41, 5.74) is 1.67. The third-order valence-electron chi connectivity index (χ3n) is 4.35. The molecule has 0 spiro atoms. The van der Waals surface area contributed by atoms with E-state index in [2.05, 4.69) is 4.90 Å². The fourth-order valence-electron chi connectivity index (χ4n) is 2.86. The molecule has 2 aromatic rings. The number of halogens is 1. The largest absolute Gasteiger partial charge is 0.504 e. The van der Waals surface area contributed by atoms with Gasteiger partial charge in [-0.3, -0.25) is 4.90 Å². The quantitative estimate of drug-likeness (QED) is 0.818. The van der Waals surface area contributed by atoms with Crippen LogP contribution in [0, 0.1) is 5.82 Å². The molecule has 0 amide bonds. The highest BCUT2D eigenvalue weighted by Crippen LogP contribution is 2.32. The van der Waals surface area contributed by atoms with Gasteiger partial charge in [-0.25, -0.2) is 4.39 Å². The lowest BCUT2D eigenvalue weighted by Gasteiger charge is -2.25. The molecule has 1 aliphatic carbocycles. The summed E-state index contributed by atoms with van der Waals surface area (Å²) in [7, 11) is 1.52. The second-order valence-electron chi connectivity index (χ2n) is 6.23. The number of methoxy groups -OCH3 is 1. The number of ether oxygens (including phenoxy) is 1. The van der Waals surface area contributed by atoms with Gasteiger partial charge in [-0.1, -0.05) is 18.2 Å². The van der Waals surface area contributed by atoms with E-state index in [1.165, 1.54) is 19.2 Å². The number of rotatable bonds is 7. The van der Waals surface area contributed by atoms with Crippen LogP contribution in [0.2, 0.25) is 0 Å². The Morgan fingerprint density at radius 1 is 1.21 bits per heavy atom. The van der Waals surface area contributed by atoms with E-state index in [0.717, 1.165) is 18.4 Å². The SMILES string of the molecule is COc1ccc(CN(CC(O)c2ccc(F)cc2)C2CC2)cc1O. The highest BCUT2D eigenvalue weighted by Gasteiger charge is 2.30. The van der Waals surface area contributed by atoms with Gasteiger partial charge in [0.05, 0.1) is 13.2 Å². The first-order valence-electron chi connectivity index (χ1n) is 8.10. The van der Waals surface area contributed by atoms with Crippen LogP contribution in [0.25, 0.3) is 0 Å². The topological polar surface area (TPSA) is 52.9 Å². The van der Waals surface area contributed by atoms with Crippen molar-refractivity contribution in [1.82, 2.24) is 4.90 Å². The third kappa shape index (κ3) is 4.04. The number of hydrogen-bond acceptors (Lipinski definition) is 4. The highest BCUT2D eigenvalue weighted by atomic mass is 19.1. The molecule has 2 N–H and O–H groups in total. The average molecular weight is 331 g/mol. The molecule has 1 fully saturated rings. The Labute approximate surface area is 141 Å². The molecule has 0 heterocycles. The van der Waals surface area contributed by atoms with Gasteiger partial charge >= 0.3 is 0 Å². The Morgan fingerprint density at radius 3 is 2.50 bits per heavy atom. The van der Waals surface area contributed by atoms with Crippen LogP contribution in [-0.2, 0) is 6.54 Å².